The normalized spacial score (nSPS) is 11.7. The average molecular weight is 363 g/mol. The first-order chi connectivity index (χ1) is 13.0. The monoisotopic (exact) mass is 363 g/mol. The van der Waals surface area contributed by atoms with Crippen molar-refractivity contribution >= 4 is 17.5 Å². The van der Waals surface area contributed by atoms with Crippen molar-refractivity contribution in [3.63, 3.8) is 0 Å². The Bertz CT molecular complexity index is 948. The number of carbonyl (C=O) groups excluding carboxylic acids is 2. The first-order valence-corrected chi connectivity index (χ1v) is 8.57. The molecule has 0 fully saturated rings. The molecule has 0 saturated carbocycles. The Morgan fingerprint density at radius 3 is 2.41 bits per heavy atom. The number of pyridine rings is 1. The van der Waals surface area contributed by atoms with E-state index in [9.17, 15) is 9.59 Å². The largest absolute Gasteiger partial charge is 0.345 e. The molecule has 27 heavy (non-hydrogen) atoms. The van der Waals surface area contributed by atoms with Crippen molar-refractivity contribution in [3.05, 3.63) is 77.4 Å². The van der Waals surface area contributed by atoms with E-state index < -0.39 is 0 Å². The van der Waals surface area contributed by atoms with Crippen molar-refractivity contribution in [2.75, 3.05) is 5.32 Å². The van der Waals surface area contributed by atoms with Gasteiger partial charge >= 0.3 is 0 Å². The van der Waals surface area contributed by atoms with Crippen LogP contribution in [0.3, 0.4) is 0 Å². The van der Waals surface area contributed by atoms with Gasteiger partial charge in [0.25, 0.3) is 11.8 Å². The molecular weight excluding hydrogens is 342 g/mol. The Hall–Kier alpha value is -3.48. The zero-order valence-electron chi connectivity index (χ0n) is 15.4. The van der Waals surface area contributed by atoms with Crippen LogP contribution in [0.5, 0.6) is 0 Å². The number of rotatable bonds is 5. The zero-order valence-corrected chi connectivity index (χ0v) is 15.4. The lowest BCUT2D eigenvalue weighted by Crippen LogP contribution is -2.27. The van der Waals surface area contributed by atoms with Crippen LogP contribution in [-0.2, 0) is 7.05 Å². The van der Waals surface area contributed by atoms with Crippen LogP contribution >= 0.6 is 0 Å². The summed E-state index contributed by atoms with van der Waals surface area (Å²) < 4.78 is 1.77. The van der Waals surface area contributed by atoms with Gasteiger partial charge in [-0.1, -0.05) is 6.07 Å². The van der Waals surface area contributed by atoms with Crippen LogP contribution in [0.25, 0.3) is 0 Å². The predicted octanol–water partition coefficient (Wildman–Crippen LogP) is 2.87. The molecule has 138 valence electrons. The quantitative estimate of drug-likeness (QED) is 0.729. The summed E-state index contributed by atoms with van der Waals surface area (Å²) in [5.41, 5.74) is 3.43. The third kappa shape index (κ3) is 4.20. The van der Waals surface area contributed by atoms with Gasteiger partial charge in [0.05, 0.1) is 12.2 Å². The van der Waals surface area contributed by atoms with Gasteiger partial charge in [-0.2, -0.15) is 5.10 Å². The van der Waals surface area contributed by atoms with Crippen molar-refractivity contribution in [1.82, 2.24) is 20.1 Å². The fourth-order valence-corrected chi connectivity index (χ4v) is 2.70. The molecule has 1 aromatic carbocycles. The molecule has 0 radical (unpaired) electrons. The summed E-state index contributed by atoms with van der Waals surface area (Å²) >= 11 is 0. The third-order valence-electron chi connectivity index (χ3n) is 4.39. The number of amides is 2. The van der Waals surface area contributed by atoms with E-state index >= 15 is 0 Å². The van der Waals surface area contributed by atoms with Crippen LogP contribution in [-0.4, -0.2) is 26.6 Å². The molecular formula is C20H21N5O2. The standard InChI is InChI=1S/C20H21N5O2/c1-13(17-12-22-25(3)14(17)2)23-19(26)15-7-9-16(10-8-15)24-20(27)18-6-4-5-11-21-18/h4-13H,1-3H3,(H,23,26)(H,24,27). The van der Waals surface area contributed by atoms with Crippen LogP contribution < -0.4 is 10.6 Å². The van der Waals surface area contributed by atoms with Crippen LogP contribution in [0.15, 0.2) is 54.9 Å². The SMILES string of the molecule is Cc1c(C(C)NC(=O)c2ccc(NC(=O)c3ccccn3)cc2)cnn1C. The first kappa shape index (κ1) is 18.3. The number of aromatic nitrogens is 3. The van der Waals surface area contributed by atoms with E-state index in [2.05, 4.69) is 20.7 Å². The van der Waals surface area contributed by atoms with Crippen molar-refractivity contribution in [3.8, 4) is 0 Å². The van der Waals surface area contributed by atoms with Gasteiger partial charge in [0.1, 0.15) is 5.69 Å². The van der Waals surface area contributed by atoms with Crippen LogP contribution in [0.2, 0.25) is 0 Å². The molecule has 0 saturated heterocycles. The average Bonchev–Trinajstić information content (AvgIpc) is 3.02. The Balaban J connectivity index is 1.63. The van der Waals surface area contributed by atoms with Gasteiger partial charge in [0.15, 0.2) is 0 Å². The molecule has 7 heteroatoms. The summed E-state index contributed by atoms with van der Waals surface area (Å²) in [6.07, 6.45) is 3.32. The summed E-state index contributed by atoms with van der Waals surface area (Å²) in [6.45, 7) is 3.88. The second-order valence-corrected chi connectivity index (χ2v) is 6.25. The maximum Gasteiger partial charge on any atom is 0.274 e. The third-order valence-corrected chi connectivity index (χ3v) is 4.39. The maximum absolute atomic E-state index is 12.5. The molecule has 2 amide bonds. The molecule has 0 aliphatic carbocycles. The molecule has 3 aromatic rings. The maximum atomic E-state index is 12.5. The van der Waals surface area contributed by atoms with Gasteiger partial charge in [-0.25, -0.2) is 0 Å². The fourth-order valence-electron chi connectivity index (χ4n) is 2.70. The lowest BCUT2D eigenvalue weighted by molar-refractivity contribution is 0.0939. The lowest BCUT2D eigenvalue weighted by Gasteiger charge is -2.14. The molecule has 1 unspecified atom stereocenters. The van der Waals surface area contributed by atoms with E-state index in [-0.39, 0.29) is 17.9 Å². The van der Waals surface area contributed by atoms with E-state index in [4.69, 9.17) is 0 Å². The van der Waals surface area contributed by atoms with Gasteiger partial charge in [-0.15, -0.1) is 0 Å². The number of aryl methyl sites for hydroxylation is 1. The van der Waals surface area contributed by atoms with Crippen LogP contribution in [0.1, 0.15) is 45.1 Å². The van der Waals surface area contributed by atoms with Crippen LogP contribution in [0, 0.1) is 6.92 Å². The second-order valence-electron chi connectivity index (χ2n) is 6.25. The fraction of sp³-hybridized carbons (Fsp3) is 0.200. The number of benzene rings is 1. The zero-order chi connectivity index (χ0) is 19.4. The first-order valence-electron chi connectivity index (χ1n) is 8.57. The highest BCUT2D eigenvalue weighted by Gasteiger charge is 2.16. The van der Waals surface area contributed by atoms with Gasteiger partial charge in [0.2, 0.25) is 0 Å². The highest BCUT2D eigenvalue weighted by Crippen LogP contribution is 2.17. The molecule has 7 nitrogen and oxygen atoms in total. The summed E-state index contributed by atoms with van der Waals surface area (Å²) in [6, 6.07) is 11.7. The number of nitrogens with zero attached hydrogens (tertiary/aromatic N) is 3. The Labute approximate surface area is 157 Å². The van der Waals surface area contributed by atoms with E-state index in [1.165, 1.54) is 0 Å². The minimum Gasteiger partial charge on any atom is -0.345 e. The Morgan fingerprint density at radius 1 is 1.07 bits per heavy atom. The van der Waals surface area contributed by atoms with E-state index in [0.717, 1.165) is 11.3 Å². The second kappa shape index (κ2) is 7.82. The topological polar surface area (TPSA) is 88.9 Å². The number of nitrogens with one attached hydrogen (secondary N) is 2. The molecule has 0 aliphatic rings. The molecule has 2 N–H and O–H groups in total. The molecule has 0 aliphatic heterocycles. The summed E-state index contributed by atoms with van der Waals surface area (Å²) in [4.78, 5) is 28.6. The van der Waals surface area contributed by atoms with Gasteiger partial charge in [-0.3, -0.25) is 19.3 Å². The summed E-state index contributed by atoms with van der Waals surface area (Å²) in [5, 5.41) is 9.92. The molecule has 0 spiro atoms. The highest BCUT2D eigenvalue weighted by atomic mass is 16.2. The molecule has 3 rings (SSSR count). The predicted molar refractivity (Wildman–Crippen MR) is 102 cm³/mol. The Morgan fingerprint density at radius 2 is 1.81 bits per heavy atom. The molecule has 2 heterocycles. The van der Waals surface area contributed by atoms with Gasteiger partial charge in [-0.05, 0) is 50.2 Å². The van der Waals surface area contributed by atoms with Crippen molar-refractivity contribution in [1.29, 1.82) is 0 Å². The highest BCUT2D eigenvalue weighted by molar-refractivity contribution is 6.03. The van der Waals surface area contributed by atoms with Gasteiger partial charge in [0, 0.05) is 35.8 Å². The van der Waals surface area contributed by atoms with Gasteiger partial charge < -0.3 is 10.6 Å². The van der Waals surface area contributed by atoms with E-state index in [0.29, 0.717) is 16.9 Å². The van der Waals surface area contributed by atoms with Crippen LogP contribution in [0.4, 0.5) is 5.69 Å². The number of hydrogen-bond acceptors (Lipinski definition) is 4. The number of carbonyl (C=O) groups is 2. The van der Waals surface area contributed by atoms with Crippen molar-refractivity contribution in [2.45, 2.75) is 19.9 Å². The minimum absolute atomic E-state index is 0.158. The summed E-state index contributed by atoms with van der Waals surface area (Å²) in [7, 11) is 1.87. The minimum atomic E-state index is -0.298. The lowest BCUT2D eigenvalue weighted by atomic mass is 10.1. The Kier molecular flexibility index (Phi) is 5.30. The summed E-state index contributed by atoms with van der Waals surface area (Å²) in [5.74, 6) is -0.484. The van der Waals surface area contributed by atoms with Crippen molar-refractivity contribution < 1.29 is 9.59 Å². The van der Waals surface area contributed by atoms with E-state index in [1.54, 1.807) is 59.5 Å². The molecule has 1 atom stereocenters. The molecule has 0 bridgehead atoms. The van der Waals surface area contributed by atoms with E-state index in [1.807, 2.05) is 20.9 Å². The smallest absolute Gasteiger partial charge is 0.274 e. The molecule has 2 aromatic heterocycles. The van der Waals surface area contributed by atoms with Crippen molar-refractivity contribution in [2.24, 2.45) is 7.05 Å². The number of anilines is 1. The number of hydrogen-bond donors (Lipinski definition) is 2.